The molecule has 0 atom stereocenters. The molecule has 0 aromatic heterocycles. The van der Waals surface area contributed by atoms with Crippen LogP contribution in [0.15, 0.2) is 12.1 Å². The summed E-state index contributed by atoms with van der Waals surface area (Å²) < 4.78 is 0. The average molecular weight is 278 g/mol. The summed E-state index contributed by atoms with van der Waals surface area (Å²) in [5.74, 6) is 1.28. The molecule has 1 aromatic rings. The second kappa shape index (κ2) is 5.31. The molecule has 0 heterocycles. The smallest absolute Gasteiger partial charge is 0.119 e. The highest BCUT2D eigenvalue weighted by Gasteiger charge is 2.38. The minimum Gasteiger partial charge on any atom is -0.508 e. The number of rotatable bonds is 4. The van der Waals surface area contributed by atoms with Gasteiger partial charge in [0.25, 0.3) is 0 Å². The Bertz CT molecular complexity index is 437. The van der Waals surface area contributed by atoms with Crippen LogP contribution in [-0.4, -0.2) is 10.2 Å². The van der Waals surface area contributed by atoms with Gasteiger partial charge in [0.2, 0.25) is 0 Å². The van der Waals surface area contributed by atoms with Crippen molar-refractivity contribution in [2.45, 2.75) is 66.2 Å². The number of benzene rings is 1. The summed E-state index contributed by atoms with van der Waals surface area (Å²) in [4.78, 5) is 0. The van der Waals surface area contributed by atoms with Gasteiger partial charge < -0.3 is 10.2 Å². The average Bonchev–Trinajstić information content (AvgIpc) is 2.30. The van der Waals surface area contributed by atoms with E-state index >= 15 is 0 Å². The van der Waals surface area contributed by atoms with Gasteiger partial charge in [-0.15, -0.1) is 0 Å². The molecule has 0 aliphatic heterocycles. The van der Waals surface area contributed by atoms with E-state index < -0.39 is 0 Å². The van der Waals surface area contributed by atoms with E-state index in [1.54, 1.807) is 12.1 Å². The molecule has 1 aromatic carbocycles. The van der Waals surface area contributed by atoms with Crippen LogP contribution in [0.4, 0.5) is 0 Å². The van der Waals surface area contributed by atoms with Gasteiger partial charge in [0.05, 0.1) is 0 Å². The molecular weight excluding hydrogens is 248 g/mol. The lowest BCUT2D eigenvalue weighted by Gasteiger charge is -2.39. The van der Waals surface area contributed by atoms with Crippen molar-refractivity contribution in [2.75, 3.05) is 0 Å². The second-order valence-corrected chi connectivity index (χ2v) is 7.61. The third kappa shape index (κ3) is 2.65. The van der Waals surface area contributed by atoms with E-state index in [0.717, 1.165) is 11.1 Å². The fourth-order valence-electron chi connectivity index (χ4n) is 2.46. The Morgan fingerprint density at radius 3 is 1.15 bits per heavy atom. The lowest BCUT2D eigenvalue weighted by atomic mass is 9.65. The highest BCUT2D eigenvalue weighted by atomic mass is 16.3. The number of phenolic OH excluding ortho intramolecular Hbond substituents is 2. The van der Waals surface area contributed by atoms with Crippen molar-refractivity contribution in [3.8, 4) is 11.5 Å². The van der Waals surface area contributed by atoms with Crippen LogP contribution in [0.25, 0.3) is 0 Å². The predicted molar refractivity (Wildman–Crippen MR) is 85.5 cm³/mol. The Labute approximate surface area is 123 Å². The molecular formula is C18H30O2. The molecule has 2 heteroatoms. The van der Waals surface area contributed by atoms with E-state index in [1.807, 2.05) is 0 Å². The van der Waals surface area contributed by atoms with Crippen LogP contribution in [0, 0.1) is 11.8 Å². The maximum atomic E-state index is 10.4. The number of phenols is 2. The monoisotopic (exact) mass is 278 g/mol. The van der Waals surface area contributed by atoms with E-state index in [1.165, 1.54) is 0 Å². The first-order valence-electron chi connectivity index (χ1n) is 7.49. The Morgan fingerprint density at radius 2 is 0.950 bits per heavy atom. The largest absolute Gasteiger partial charge is 0.508 e. The Balaban J connectivity index is 3.73. The van der Waals surface area contributed by atoms with Crippen LogP contribution in [0.3, 0.4) is 0 Å². The topological polar surface area (TPSA) is 40.5 Å². The summed E-state index contributed by atoms with van der Waals surface area (Å²) in [5.41, 5.74) is 1.35. The second-order valence-electron chi connectivity index (χ2n) is 7.61. The van der Waals surface area contributed by atoms with Crippen molar-refractivity contribution >= 4 is 0 Å². The minimum absolute atomic E-state index is 0.204. The SMILES string of the molecule is CC(C)C(C)(C)c1c(O)ccc(O)c1C(C)(C)C(C)C. The quantitative estimate of drug-likeness (QED) is 0.764. The predicted octanol–water partition coefficient (Wildman–Crippen LogP) is 4.97. The molecule has 0 fully saturated rings. The molecule has 0 spiro atoms. The Kier molecular flexibility index (Phi) is 4.48. The third-order valence-corrected chi connectivity index (χ3v) is 5.34. The molecule has 2 N–H and O–H groups in total. The molecule has 0 radical (unpaired) electrons. The van der Waals surface area contributed by atoms with E-state index in [-0.39, 0.29) is 22.3 Å². The molecule has 0 saturated heterocycles. The number of aromatic hydroxyl groups is 2. The molecule has 114 valence electrons. The molecule has 20 heavy (non-hydrogen) atoms. The van der Waals surface area contributed by atoms with Crippen molar-refractivity contribution in [3.63, 3.8) is 0 Å². The number of hydrogen-bond donors (Lipinski definition) is 2. The Hall–Kier alpha value is -1.18. The van der Waals surface area contributed by atoms with Crippen LogP contribution < -0.4 is 0 Å². The lowest BCUT2D eigenvalue weighted by molar-refractivity contribution is 0.309. The van der Waals surface area contributed by atoms with E-state index in [9.17, 15) is 10.2 Å². The molecule has 0 aliphatic carbocycles. The normalized spacial score (nSPS) is 13.3. The third-order valence-electron chi connectivity index (χ3n) is 5.34. The minimum atomic E-state index is -0.204. The summed E-state index contributed by atoms with van der Waals surface area (Å²) >= 11 is 0. The standard InChI is InChI=1S/C18H30O2/c1-11(2)17(5,6)15-13(19)9-10-14(20)16(15)18(7,8)12(3)4/h9-12,19-20H,1-8H3. The van der Waals surface area contributed by atoms with Gasteiger partial charge in [0.1, 0.15) is 11.5 Å². The summed E-state index contributed by atoms with van der Waals surface area (Å²) in [5, 5.41) is 20.9. The molecule has 0 saturated carbocycles. The first-order chi connectivity index (χ1) is 8.94. The first kappa shape index (κ1) is 16.9. The first-order valence-corrected chi connectivity index (χ1v) is 7.49. The maximum absolute atomic E-state index is 10.4. The summed E-state index contributed by atoms with van der Waals surface area (Å²) in [6.45, 7) is 17.1. The van der Waals surface area contributed by atoms with Crippen molar-refractivity contribution in [2.24, 2.45) is 11.8 Å². The maximum Gasteiger partial charge on any atom is 0.119 e. The van der Waals surface area contributed by atoms with Gasteiger partial charge in [0, 0.05) is 11.1 Å². The van der Waals surface area contributed by atoms with E-state index in [4.69, 9.17) is 0 Å². The van der Waals surface area contributed by atoms with Crippen LogP contribution in [0.1, 0.15) is 66.5 Å². The van der Waals surface area contributed by atoms with E-state index in [0.29, 0.717) is 11.8 Å². The van der Waals surface area contributed by atoms with Crippen LogP contribution in [0.2, 0.25) is 0 Å². The fraction of sp³-hybridized carbons (Fsp3) is 0.667. The van der Waals surface area contributed by atoms with E-state index in [2.05, 4.69) is 55.4 Å². The van der Waals surface area contributed by atoms with Crippen molar-refractivity contribution < 1.29 is 10.2 Å². The highest BCUT2D eigenvalue weighted by Crippen LogP contribution is 2.48. The molecule has 0 bridgehead atoms. The van der Waals surface area contributed by atoms with Gasteiger partial charge in [-0.1, -0.05) is 55.4 Å². The van der Waals surface area contributed by atoms with Gasteiger partial charge in [-0.05, 0) is 34.8 Å². The molecule has 0 aliphatic rings. The van der Waals surface area contributed by atoms with Crippen LogP contribution >= 0.6 is 0 Å². The zero-order chi connectivity index (χ0) is 15.9. The van der Waals surface area contributed by atoms with Crippen molar-refractivity contribution in [1.82, 2.24) is 0 Å². The van der Waals surface area contributed by atoms with Gasteiger partial charge in [-0.3, -0.25) is 0 Å². The van der Waals surface area contributed by atoms with Crippen LogP contribution in [0.5, 0.6) is 11.5 Å². The summed E-state index contributed by atoms with van der Waals surface area (Å²) in [6.07, 6.45) is 0. The highest BCUT2D eigenvalue weighted by molar-refractivity contribution is 5.54. The van der Waals surface area contributed by atoms with Crippen molar-refractivity contribution in [3.05, 3.63) is 23.3 Å². The van der Waals surface area contributed by atoms with Gasteiger partial charge in [-0.2, -0.15) is 0 Å². The zero-order valence-corrected chi connectivity index (χ0v) is 14.2. The van der Waals surface area contributed by atoms with Gasteiger partial charge in [0.15, 0.2) is 0 Å². The van der Waals surface area contributed by atoms with Crippen molar-refractivity contribution in [1.29, 1.82) is 0 Å². The number of hydrogen-bond acceptors (Lipinski definition) is 2. The fourth-order valence-corrected chi connectivity index (χ4v) is 2.46. The Morgan fingerprint density at radius 1 is 0.700 bits per heavy atom. The van der Waals surface area contributed by atoms with Gasteiger partial charge in [-0.25, -0.2) is 0 Å². The summed E-state index contributed by atoms with van der Waals surface area (Å²) in [6, 6.07) is 3.21. The molecule has 2 nitrogen and oxygen atoms in total. The van der Waals surface area contributed by atoms with Crippen LogP contribution in [-0.2, 0) is 10.8 Å². The lowest BCUT2D eigenvalue weighted by Crippen LogP contribution is -2.33. The molecule has 1 rings (SSSR count). The van der Waals surface area contributed by atoms with Gasteiger partial charge >= 0.3 is 0 Å². The zero-order valence-electron chi connectivity index (χ0n) is 14.2. The summed E-state index contributed by atoms with van der Waals surface area (Å²) in [7, 11) is 0. The molecule has 0 unspecified atom stereocenters. The molecule has 0 amide bonds.